The van der Waals surface area contributed by atoms with Crippen LogP contribution in [0, 0.1) is 5.82 Å². The molecule has 4 N–H and O–H groups in total. The van der Waals surface area contributed by atoms with E-state index in [-0.39, 0.29) is 29.3 Å². The van der Waals surface area contributed by atoms with Crippen molar-refractivity contribution in [3.8, 4) is 5.75 Å². The molecule has 0 heterocycles. The van der Waals surface area contributed by atoms with Gasteiger partial charge in [-0.1, -0.05) is 6.92 Å². The van der Waals surface area contributed by atoms with E-state index < -0.39 is 21.9 Å². The van der Waals surface area contributed by atoms with E-state index in [0.717, 1.165) is 12.1 Å². The fourth-order valence-electron chi connectivity index (χ4n) is 1.61. The average Bonchev–Trinajstić information content (AvgIpc) is 2.37. The third-order valence-electron chi connectivity index (χ3n) is 2.80. The molecule has 1 aromatic carbocycles. The summed E-state index contributed by atoms with van der Waals surface area (Å²) in [7, 11) is -2.63. The van der Waals surface area contributed by atoms with Crippen LogP contribution in [0.4, 0.5) is 10.1 Å². The normalized spacial score (nSPS) is 13.2. The molecule has 0 aliphatic heterocycles. The number of benzene rings is 1. The van der Waals surface area contributed by atoms with E-state index in [4.69, 9.17) is 10.5 Å². The van der Waals surface area contributed by atoms with Gasteiger partial charge in [0, 0.05) is 6.54 Å². The zero-order valence-electron chi connectivity index (χ0n) is 11.4. The quantitative estimate of drug-likeness (QED) is 0.648. The van der Waals surface area contributed by atoms with Gasteiger partial charge in [0.05, 0.1) is 23.8 Å². The van der Waals surface area contributed by atoms with E-state index in [0.29, 0.717) is 6.42 Å². The molecule has 0 bridgehead atoms. The van der Waals surface area contributed by atoms with Crippen molar-refractivity contribution in [3.05, 3.63) is 17.9 Å². The fourth-order valence-corrected chi connectivity index (χ4v) is 2.70. The molecule has 8 heteroatoms. The van der Waals surface area contributed by atoms with E-state index in [1.165, 1.54) is 7.11 Å². The van der Waals surface area contributed by atoms with E-state index in [9.17, 15) is 17.9 Å². The van der Waals surface area contributed by atoms with Gasteiger partial charge in [-0.25, -0.2) is 17.5 Å². The molecule has 0 spiro atoms. The Morgan fingerprint density at radius 1 is 1.50 bits per heavy atom. The van der Waals surface area contributed by atoms with Crippen LogP contribution in [0.25, 0.3) is 0 Å². The van der Waals surface area contributed by atoms with Crippen LogP contribution in [-0.4, -0.2) is 33.3 Å². The molecule has 20 heavy (non-hydrogen) atoms. The first-order chi connectivity index (χ1) is 9.31. The molecule has 0 saturated heterocycles. The minimum Gasteiger partial charge on any atom is -0.492 e. The molecule has 0 saturated carbocycles. The third-order valence-corrected chi connectivity index (χ3v) is 4.24. The monoisotopic (exact) mass is 306 g/mol. The Bertz CT molecular complexity index is 540. The molecule has 6 nitrogen and oxygen atoms in total. The summed E-state index contributed by atoms with van der Waals surface area (Å²) in [6.07, 6.45) is 0.241. The van der Waals surface area contributed by atoms with Gasteiger partial charge in [-0.3, -0.25) is 0 Å². The molecule has 1 atom stereocenters. The maximum Gasteiger partial charge on any atom is 0.240 e. The van der Waals surface area contributed by atoms with Crippen LogP contribution in [0.5, 0.6) is 5.75 Å². The second kappa shape index (κ2) is 6.87. The lowest BCUT2D eigenvalue weighted by Gasteiger charge is -2.12. The number of hydrogen-bond acceptors (Lipinski definition) is 5. The molecule has 0 amide bonds. The van der Waals surface area contributed by atoms with Gasteiger partial charge in [0.15, 0.2) is 11.6 Å². The zero-order valence-corrected chi connectivity index (χ0v) is 12.2. The number of nitrogens with two attached hydrogens (primary N) is 1. The molecule has 1 unspecified atom stereocenters. The van der Waals surface area contributed by atoms with Crippen LogP contribution in [0.3, 0.4) is 0 Å². The number of hydrogen-bond donors (Lipinski definition) is 3. The Hall–Kier alpha value is -1.38. The molecule has 0 radical (unpaired) electrons. The summed E-state index contributed by atoms with van der Waals surface area (Å²) < 4.78 is 44.5. The molecule has 0 fully saturated rings. The minimum atomic E-state index is -3.87. The third kappa shape index (κ3) is 4.06. The number of ether oxygens (including phenoxy) is 1. The summed E-state index contributed by atoms with van der Waals surface area (Å²) in [6.45, 7) is 1.85. The smallest absolute Gasteiger partial charge is 0.240 e. The minimum absolute atomic E-state index is 0.0604. The topological polar surface area (TPSA) is 102 Å². The number of anilines is 1. The van der Waals surface area contributed by atoms with Gasteiger partial charge in [0.25, 0.3) is 0 Å². The maximum atomic E-state index is 13.6. The van der Waals surface area contributed by atoms with E-state index in [1.54, 1.807) is 6.92 Å². The first kappa shape index (κ1) is 16.7. The lowest BCUT2D eigenvalue weighted by atomic mass is 10.2. The van der Waals surface area contributed by atoms with Crippen molar-refractivity contribution < 1.29 is 22.7 Å². The van der Waals surface area contributed by atoms with Crippen molar-refractivity contribution >= 4 is 15.7 Å². The number of aliphatic hydroxyl groups excluding tert-OH is 1. The van der Waals surface area contributed by atoms with Crippen LogP contribution in [0.2, 0.25) is 0 Å². The summed E-state index contributed by atoms with van der Waals surface area (Å²) in [4.78, 5) is -0.278. The number of methoxy groups -OCH3 is 1. The predicted octanol–water partition coefficient (Wildman–Crippen LogP) is 0.856. The Morgan fingerprint density at radius 2 is 2.15 bits per heavy atom. The Morgan fingerprint density at radius 3 is 2.65 bits per heavy atom. The van der Waals surface area contributed by atoms with Gasteiger partial charge in [0.2, 0.25) is 10.0 Å². The van der Waals surface area contributed by atoms with Gasteiger partial charge in [-0.05, 0) is 25.0 Å². The molecule has 0 aliphatic carbocycles. The number of rotatable bonds is 7. The van der Waals surface area contributed by atoms with Crippen LogP contribution < -0.4 is 15.2 Å². The SMILES string of the molecule is CCC(O)CCNS(=O)(=O)c1cc(N)c(OC)c(F)c1. The molecular formula is C12H19FN2O4S. The van der Waals surface area contributed by atoms with Crippen LogP contribution in [0.15, 0.2) is 17.0 Å². The van der Waals surface area contributed by atoms with E-state index >= 15 is 0 Å². The summed E-state index contributed by atoms with van der Waals surface area (Å²) in [5.74, 6) is -1.04. The largest absolute Gasteiger partial charge is 0.492 e. The van der Waals surface area contributed by atoms with Crippen LogP contribution in [0.1, 0.15) is 19.8 Å². The molecular weight excluding hydrogens is 287 g/mol. The van der Waals surface area contributed by atoms with Gasteiger partial charge in [-0.15, -0.1) is 0 Å². The van der Waals surface area contributed by atoms with E-state index in [2.05, 4.69) is 4.72 Å². The van der Waals surface area contributed by atoms with E-state index in [1.807, 2.05) is 0 Å². The summed E-state index contributed by atoms with van der Waals surface area (Å²) in [6, 6.07) is 1.97. The number of aliphatic hydroxyl groups is 1. The van der Waals surface area contributed by atoms with Crippen molar-refractivity contribution in [2.75, 3.05) is 19.4 Å². The Labute approximate surface area is 117 Å². The highest BCUT2D eigenvalue weighted by molar-refractivity contribution is 7.89. The first-order valence-corrected chi connectivity index (χ1v) is 7.60. The Balaban J connectivity index is 2.88. The molecule has 0 aromatic heterocycles. The van der Waals surface area contributed by atoms with Crippen molar-refractivity contribution in [2.24, 2.45) is 0 Å². The van der Waals surface area contributed by atoms with Crippen LogP contribution in [-0.2, 0) is 10.0 Å². The molecule has 0 aliphatic rings. The molecule has 114 valence electrons. The van der Waals surface area contributed by atoms with Gasteiger partial charge in [-0.2, -0.15) is 0 Å². The number of halogens is 1. The number of nitrogen functional groups attached to an aromatic ring is 1. The second-order valence-electron chi connectivity index (χ2n) is 4.28. The van der Waals surface area contributed by atoms with Gasteiger partial charge < -0.3 is 15.6 Å². The summed E-state index contributed by atoms with van der Waals surface area (Å²) >= 11 is 0. The fraction of sp³-hybridized carbons (Fsp3) is 0.500. The maximum absolute atomic E-state index is 13.6. The predicted molar refractivity (Wildman–Crippen MR) is 73.5 cm³/mol. The summed E-state index contributed by atoms with van der Waals surface area (Å²) in [5.41, 5.74) is 5.43. The first-order valence-electron chi connectivity index (χ1n) is 6.12. The van der Waals surface area contributed by atoms with Crippen molar-refractivity contribution in [1.29, 1.82) is 0 Å². The molecule has 1 rings (SSSR count). The highest BCUT2D eigenvalue weighted by atomic mass is 32.2. The lowest BCUT2D eigenvalue weighted by molar-refractivity contribution is 0.162. The van der Waals surface area contributed by atoms with Gasteiger partial charge >= 0.3 is 0 Å². The summed E-state index contributed by atoms with van der Waals surface area (Å²) in [5, 5.41) is 9.35. The van der Waals surface area contributed by atoms with Gasteiger partial charge in [0.1, 0.15) is 0 Å². The average molecular weight is 306 g/mol. The second-order valence-corrected chi connectivity index (χ2v) is 6.04. The standard InChI is InChI=1S/C12H19FN2O4S/c1-3-8(16)4-5-15-20(17,18)9-6-10(13)12(19-2)11(14)7-9/h6-8,15-16H,3-5,14H2,1-2H3. The van der Waals surface area contributed by atoms with Crippen molar-refractivity contribution in [3.63, 3.8) is 0 Å². The zero-order chi connectivity index (χ0) is 15.3. The highest BCUT2D eigenvalue weighted by Crippen LogP contribution is 2.28. The number of sulfonamides is 1. The van der Waals surface area contributed by atoms with Crippen LogP contribution >= 0.6 is 0 Å². The van der Waals surface area contributed by atoms with Crippen molar-refractivity contribution in [2.45, 2.75) is 30.8 Å². The molecule has 1 aromatic rings. The Kier molecular flexibility index (Phi) is 5.73. The van der Waals surface area contributed by atoms with Crippen molar-refractivity contribution in [1.82, 2.24) is 4.72 Å². The highest BCUT2D eigenvalue weighted by Gasteiger charge is 2.19. The lowest BCUT2D eigenvalue weighted by Crippen LogP contribution is -2.27. The number of nitrogens with one attached hydrogen (secondary N) is 1.